The van der Waals surface area contributed by atoms with Crippen molar-refractivity contribution in [1.82, 2.24) is 0 Å². The molecule has 0 bridgehead atoms. The Morgan fingerprint density at radius 2 is 2.06 bits per heavy atom. The van der Waals surface area contributed by atoms with Gasteiger partial charge in [0.1, 0.15) is 12.7 Å². The number of rotatable bonds is 6. The molecule has 0 aromatic rings. The highest BCUT2D eigenvalue weighted by Gasteiger charge is 2.14. The fourth-order valence-corrected chi connectivity index (χ4v) is 1.21. The fraction of sp³-hybridized carbons (Fsp3) is 0.556. The fourth-order valence-electron chi connectivity index (χ4n) is 0.765. The summed E-state index contributed by atoms with van der Waals surface area (Å²) in [7, 11) is -4.54. The molecular weight excluding hydrogens is 250 g/mol. The van der Waals surface area contributed by atoms with Crippen molar-refractivity contribution in [2.24, 2.45) is 0 Å². The molecule has 0 rings (SSSR count). The van der Waals surface area contributed by atoms with E-state index in [4.69, 9.17) is 14.6 Å². The molecule has 0 unspecified atom stereocenters. The third-order valence-corrected chi connectivity index (χ3v) is 1.91. The summed E-state index contributed by atoms with van der Waals surface area (Å²) in [4.78, 5) is 11.2. The van der Waals surface area contributed by atoms with E-state index in [1.165, 1.54) is 6.07 Å². The average Bonchev–Trinajstić information content (AvgIpc) is 2.19. The van der Waals surface area contributed by atoms with Crippen molar-refractivity contribution < 1.29 is 27.2 Å². The Balaban J connectivity index is 4.31. The van der Waals surface area contributed by atoms with E-state index in [1.807, 2.05) is 0 Å². The molecule has 0 spiro atoms. The molecule has 0 radical (unpaired) electrons. The molecule has 0 saturated heterocycles. The summed E-state index contributed by atoms with van der Waals surface area (Å²) in [5, 5.41) is 8.62. The number of esters is 1. The van der Waals surface area contributed by atoms with Crippen LogP contribution in [0.2, 0.25) is 0 Å². The Kier molecular flexibility index (Phi) is 6.42. The minimum atomic E-state index is -4.54. The second-order valence-corrected chi connectivity index (χ2v) is 4.48. The first kappa shape index (κ1) is 15.6. The zero-order valence-corrected chi connectivity index (χ0v) is 10.2. The molecule has 0 amide bonds. The van der Waals surface area contributed by atoms with Crippen LogP contribution < -0.4 is 0 Å². The van der Waals surface area contributed by atoms with Crippen LogP contribution in [0.1, 0.15) is 13.8 Å². The van der Waals surface area contributed by atoms with Gasteiger partial charge in [-0.25, -0.2) is 4.79 Å². The lowest BCUT2D eigenvalue weighted by Gasteiger charge is -2.07. The van der Waals surface area contributed by atoms with Crippen LogP contribution in [0.25, 0.3) is 0 Å². The van der Waals surface area contributed by atoms with Crippen molar-refractivity contribution in [3.8, 4) is 6.07 Å². The van der Waals surface area contributed by atoms with E-state index in [1.54, 1.807) is 13.8 Å². The van der Waals surface area contributed by atoms with Crippen molar-refractivity contribution in [1.29, 1.82) is 5.26 Å². The average molecular weight is 263 g/mol. The van der Waals surface area contributed by atoms with Crippen molar-refractivity contribution >= 4 is 16.1 Å². The molecular formula is C9H13NO6S. The molecule has 1 N–H and O–H groups in total. The van der Waals surface area contributed by atoms with E-state index in [-0.39, 0.29) is 24.7 Å². The zero-order valence-electron chi connectivity index (χ0n) is 9.41. The molecule has 17 heavy (non-hydrogen) atoms. The Bertz CT molecular complexity index is 431. The topological polar surface area (TPSA) is 114 Å². The lowest BCUT2D eigenvalue weighted by Crippen LogP contribution is -2.15. The molecule has 0 saturated carbocycles. The number of carbonyl (C=O) groups excluding carboxylic acids is 1. The smallest absolute Gasteiger partial charge is 0.349 e. The number of hydrogen-bond donors (Lipinski definition) is 1. The van der Waals surface area contributed by atoms with Gasteiger partial charge in [-0.1, -0.05) is 0 Å². The molecule has 0 aromatic carbocycles. The maximum absolute atomic E-state index is 11.2. The van der Waals surface area contributed by atoms with Gasteiger partial charge in [-0.15, -0.1) is 0 Å². The van der Waals surface area contributed by atoms with Crippen molar-refractivity contribution in [2.45, 2.75) is 20.0 Å². The molecule has 8 heteroatoms. The molecule has 0 fully saturated rings. The number of nitrogens with zero attached hydrogens (tertiary/aromatic N) is 1. The van der Waals surface area contributed by atoms with Gasteiger partial charge in [0, 0.05) is 0 Å². The van der Waals surface area contributed by atoms with Gasteiger partial charge in [-0.2, -0.15) is 13.7 Å². The van der Waals surface area contributed by atoms with Gasteiger partial charge in [0.2, 0.25) is 0 Å². The van der Waals surface area contributed by atoms with Gasteiger partial charge >= 0.3 is 5.97 Å². The van der Waals surface area contributed by atoms with E-state index in [0.29, 0.717) is 0 Å². The molecule has 0 aromatic heterocycles. The largest absolute Gasteiger partial charge is 0.459 e. The first-order valence-corrected chi connectivity index (χ1v) is 6.14. The highest BCUT2D eigenvalue weighted by molar-refractivity contribution is 7.88. The van der Waals surface area contributed by atoms with Gasteiger partial charge in [-0.3, -0.25) is 4.55 Å². The first-order valence-electron chi connectivity index (χ1n) is 4.64. The SMILES string of the molecule is CC(C)OCCOC(=O)C(C#N)=CS(=O)(=O)O. The van der Waals surface area contributed by atoms with Crippen LogP contribution in [0.4, 0.5) is 0 Å². The molecule has 0 aliphatic heterocycles. The van der Waals surface area contributed by atoms with E-state index >= 15 is 0 Å². The minimum absolute atomic E-state index is 0.0301. The summed E-state index contributed by atoms with van der Waals surface area (Å²) in [6, 6.07) is 1.31. The van der Waals surface area contributed by atoms with Gasteiger partial charge in [0.05, 0.1) is 18.1 Å². The van der Waals surface area contributed by atoms with E-state index in [9.17, 15) is 13.2 Å². The van der Waals surface area contributed by atoms with Gasteiger partial charge in [-0.05, 0) is 13.8 Å². The molecule has 0 heterocycles. The molecule has 96 valence electrons. The van der Waals surface area contributed by atoms with Gasteiger partial charge in [0.25, 0.3) is 10.1 Å². The third kappa shape index (κ3) is 8.38. The lowest BCUT2D eigenvalue weighted by molar-refractivity contribution is -0.140. The predicted octanol–water partition coefficient (Wildman–Crippen LogP) is 0.250. The van der Waals surface area contributed by atoms with Crippen molar-refractivity contribution in [2.75, 3.05) is 13.2 Å². The molecule has 7 nitrogen and oxygen atoms in total. The molecule has 0 aliphatic carbocycles. The first-order chi connectivity index (χ1) is 7.76. The highest BCUT2D eigenvalue weighted by atomic mass is 32.2. The summed E-state index contributed by atoms with van der Waals surface area (Å²) >= 11 is 0. The number of hydrogen-bond acceptors (Lipinski definition) is 6. The highest BCUT2D eigenvalue weighted by Crippen LogP contribution is 2.00. The van der Waals surface area contributed by atoms with Crippen LogP contribution in [-0.4, -0.2) is 38.3 Å². The van der Waals surface area contributed by atoms with Crippen LogP contribution >= 0.6 is 0 Å². The van der Waals surface area contributed by atoms with E-state index < -0.39 is 21.7 Å². The monoisotopic (exact) mass is 263 g/mol. The summed E-state index contributed by atoms with van der Waals surface area (Å²) in [6.45, 7) is 3.61. The van der Waals surface area contributed by atoms with Crippen molar-refractivity contribution in [3.63, 3.8) is 0 Å². The zero-order chi connectivity index (χ0) is 13.5. The number of ether oxygens (including phenoxy) is 2. The Hall–Kier alpha value is -1.43. The van der Waals surface area contributed by atoms with Crippen molar-refractivity contribution in [3.05, 3.63) is 11.0 Å². The predicted molar refractivity (Wildman–Crippen MR) is 57.3 cm³/mol. The van der Waals surface area contributed by atoms with Crippen LogP contribution in [0, 0.1) is 11.3 Å². The van der Waals surface area contributed by atoms with Crippen LogP contribution in [0.15, 0.2) is 11.0 Å². The molecule has 0 atom stereocenters. The lowest BCUT2D eigenvalue weighted by atomic mass is 10.3. The maximum Gasteiger partial charge on any atom is 0.349 e. The van der Waals surface area contributed by atoms with Crippen LogP contribution in [-0.2, 0) is 24.4 Å². The summed E-state index contributed by atoms with van der Waals surface area (Å²) in [5.74, 6) is -1.13. The summed E-state index contributed by atoms with van der Waals surface area (Å²) < 4.78 is 38.9. The Morgan fingerprint density at radius 3 is 2.47 bits per heavy atom. The number of carbonyl (C=O) groups is 1. The number of nitriles is 1. The standard InChI is InChI=1S/C9H13NO6S/c1-7(2)15-3-4-16-9(11)8(5-10)6-17(12,13)14/h6-7H,3-4H2,1-2H3,(H,12,13,14). The minimum Gasteiger partial charge on any atom is -0.459 e. The van der Waals surface area contributed by atoms with E-state index in [0.717, 1.165) is 0 Å². The molecule has 0 aliphatic rings. The maximum atomic E-state index is 11.2. The third-order valence-electron chi connectivity index (χ3n) is 1.37. The summed E-state index contributed by atoms with van der Waals surface area (Å²) in [6.07, 6.45) is -0.0301. The second kappa shape index (κ2) is 7.01. The van der Waals surface area contributed by atoms with Gasteiger partial charge in [0.15, 0.2) is 5.57 Å². The Morgan fingerprint density at radius 1 is 1.47 bits per heavy atom. The Labute approximate surface area is 99.4 Å². The van der Waals surface area contributed by atoms with E-state index in [2.05, 4.69) is 4.74 Å². The second-order valence-electron chi connectivity index (χ2n) is 3.21. The van der Waals surface area contributed by atoms with Gasteiger partial charge < -0.3 is 9.47 Å². The summed E-state index contributed by atoms with van der Waals surface area (Å²) in [5.41, 5.74) is -0.794. The quantitative estimate of drug-likeness (QED) is 0.240. The van der Waals surface area contributed by atoms with Crippen LogP contribution in [0.5, 0.6) is 0 Å². The van der Waals surface area contributed by atoms with Crippen LogP contribution in [0.3, 0.4) is 0 Å². The normalized spacial score (nSPS) is 12.3.